The van der Waals surface area contributed by atoms with Crippen LogP contribution in [0, 0.1) is 5.92 Å². The molecule has 0 amide bonds. The van der Waals surface area contributed by atoms with Gasteiger partial charge in [0.05, 0.1) is 12.1 Å². The van der Waals surface area contributed by atoms with Crippen molar-refractivity contribution < 1.29 is 9.90 Å². The molecule has 0 radical (unpaired) electrons. The highest BCUT2D eigenvalue weighted by Gasteiger charge is 2.31. The molecule has 3 unspecified atom stereocenters. The van der Waals surface area contributed by atoms with Crippen LogP contribution in [0.3, 0.4) is 0 Å². The Morgan fingerprint density at radius 2 is 2.00 bits per heavy atom. The number of likely N-dealkylation sites (tertiary alicyclic amines) is 1. The minimum Gasteiger partial charge on any atom is -0.393 e. The van der Waals surface area contributed by atoms with E-state index in [-0.39, 0.29) is 23.8 Å². The number of benzene rings is 1. The number of hydrogen-bond acceptors (Lipinski definition) is 3. The van der Waals surface area contributed by atoms with Gasteiger partial charge in [0.2, 0.25) is 0 Å². The molecule has 19 heavy (non-hydrogen) atoms. The van der Waals surface area contributed by atoms with Gasteiger partial charge in [-0.2, -0.15) is 0 Å². The maximum atomic E-state index is 12.4. The van der Waals surface area contributed by atoms with E-state index in [0.717, 1.165) is 19.5 Å². The van der Waals surface area contributed by atoms with Gasteiger partial charge in [0.25, 0.3) is 0 Å². The molecule has 1 aromatic rings. The first-order valence-corrected chi connectivity index (χ1v) is 7.08. The molecule has 1 aliphatic heterocycles. The molecule has 0 bridgehead atoms. The Labute approximate surface area is 119 Å². The van der Waals surface area contributed by atoms with Crippen LogP contribution < -0.4 is 0 Å². The average molecular weight is 282 g/mol. The number of carbonyl (C=O) groups is 1. The Morgan fingerprint density at radius 3 is 2.53 bits per heavy atom. The van der Waals surface area contributed by atoms with E-state index < -0.39 is 0 Å². The quantitative estimate of drug-likeness (QED) is 0.863. The molecule has 1 fully saturated rings. The van der Waals surface area contributed by atoms with Gasteiger partial charge < -0.3 is 5.11 Å². The molecule has 104 valence electrons. The monoisotopic (exact) mass is 281 g/mol. The first kappa shape index (κ1) is 14.5. The first-order valence-electron chi connectivity index (χ1n) is 6.71. The fraction of sp³-hybridized carbons (Fsp3) is 0.533. The summed E-state index contributed by atoms with van der Waals surface area (Å²) < 4.78 is 0. The third-order valence-corrected chi connectivity index (χ3v) is 4.25. The van der Waals surface area contributed by atoms with Crippen LogP contribution in [-0.2, 0) is 0 Å². The van der Waals surface area contributed by atoms with E-state index in [1.807, 2.05) is 13.8 Å². The average Bonchev–Trinajstić information content (AvgIpc) is 2.87. The lowest BCUT2D eigenvalue weighted by Crippen LogP contribution is -2.38. The van der Waals surface area contributed by atoms with E-state index in [2.05, 4.69) is 4.90 Å². The predicted octanol–water partition coefficient (Wildman–Crippen LogP) is 2.61. The molecule has 1 heterocycles. The number of carbonyl (C=O) groups excluding carboxylic acids is 1. The van der Waals surface area contributed by atoms with Crippen molar-refractivity contribution in [2.24, 2.45) is 5.92 Å². The van der Waals surface area contributed by atoms with Crippen molar-refractivity contribution in [1.82, 2.24) is 4.90 Å². The SMILES string of the molecule is CC(O)C1CCN(C(C)C(=O)c2ccc(Cl)cc2)C1. The molecule has 1 aliphatic rings. The zero-order valence-corrected chi connectivity index (χ0v) is 12.1. The third-order valence-electron chi connectivity index (χ3n) is 3.99. The number of Topliss-reactive ketones (excluding diaryl/α,β-unsaturated/α-hetero) is 1. The second-order valence-electron chi connectivity index (χ2n) is 5.33. The molecule has 3 atom stereocenters. The van der Waals surface area contributed by atoms with Crippen molar-refractivity contribution >= 4 is 17.4 Å². The standard InChI is InChI=1S/C15H20ClNO2/c1-10(17-8-7-13(9-17)11(2)18)15(19)12-3-5-14(16)6-4-12/h3-6,10-11,13,18H,7-9H2,1-2H3. The van der Waals surface area contributed by atoms with Crippen LogP contribution in [0.4, 0.5) is 0 Å². The number of aliphatic hydroxyl groups excluding tert-OH is 1. The minimum atomic E-state index is -0.303. The molecule has 0 aromatic heterocycles. The lowest BCUT2D eigenvalue weighted by Gasteiger charge is -2.23. The van der Waals surface area contributed by atoms with Gasteiger partial charge in [0.15, 0.2) is 5.78 Å². The van der Waals surface area contributed by atoms with Gasteiger partial charge in [-0.1, -0.05) is 11.6 Å². The number of ketones is 1. The van der Waals surface area contributed by atoms with Crippen LogP contribution in [0.1, 0.15) is 30.6 Å². The summed E-state index contributed by atoms with van der Waals surface area (Å²) in [6.07, 6.45) is 0.651. The molecule has 1 saturated heterocycles. The lowest BCUT2D eigenvalue weighted by atomic mass is 10.0. The highest BCUT2D eigenvalue weighted by Crippen LogP contribution is 2.23. The van der Waals surface area contributed by atoms with E-state index >= 15 is 0 Å². The van der Waals surface area contributed by atoms with Crippen molar-refractivity contribution in [3.8, 4) is 0 Å². The first-order chi connectivity index (χ1) is 8.99. The summed E-state index contributed by atoms with van der Waals surface area (Å²) in [4.78, 5) is 14.5. The van der Waals surface area contributed by atoms with Crippen LogP contribution in [0.25, 0.3) is 0 Å². The summed E-state index contributed by atoms with van der Waals surface area (Å²) in [6, 6.07) is 6.87. The Bertz CT molecular complexity index is 444. The van der Waals surface area contributed by atoms with Crippen molar-refractivity contribution in [3.05, 3.63) is 34.9 Å². The molecule has 0 spiro atoms. The van der Waals surface area contributed by atoms with Crippen molar-refractivity contribution in [3.63, 3.8) is 0 Å². The zero-order chi connectivity index (χ0) is 14.0. The second kappa shape index (κ2) is 6.04. The van der Waals surface area contributed by atoms with Crippen molar-refractivity contribution in [2.75, 3.05) is 13.1 Å². The van der Waals surface area contributed by atoms with Crippen molar-refractivity contribution in [1.29, 1.82) is 0 Å². The smallest absolute Gasteiger partial charge is 0.179 e. The molecule has 1 aromatic carbocycles. The Balaban J connectivity index is 2.02. The van der Waals surface area contributed by atoms with Crippen LogP contribution >= 0.6 is 11.6 Å². The van der Waals surface area contributed by atoms with E-state index in [0.29, 0.717) is 10.6 Å². The Hall–Kier alpha value is -0.900. The van der Waals surface area contributed by atoms with Gasteiger partial charge in [-0.25, -0.2) is 0 Å². The van der Waals surface area contributed by atoms with Crippen molar-refractivity contribution in [2.45, 2.75) is 32.4 Å². The molecule has 3 nitrogen and oxygen atoms in total. The maximum absolute atomic E-state index is 12.4. The topological polar surface area (TPSA) is 40.5 Å². The van der Waals surface area contributed by atoms with E-state index in [1.165, 1.54) is 0 Å². The van der Waals surface area contributed by atoms with E-state index in [4.69, 9.17) is 11.6 Å². The van der Waals surface area contributed by atoms with E-state index in [1.54, 1.807) is 24.3 Å². The van der Waals surface area contributed by atoms with Gasteiger partial charge in [-0.05, 0) is 57.0 Å². The number of aliphatic hydroxyl groups is 1. The highest BCUT2D eigenvalue weighted by atomic mass is 35.5. The number of halogens is 1. The highest BCUT2D eigenvalue weighted by molar-refractivity contribution is 6.30. The number of hydrogen-bond donors (Lipinski definition) is 1. The molecular formula is C15H20ClNO2. The minimum absolute atomic E-state index is 0.114. The molecule has 1 N–H and O–H groups in total. The van der Waals surface area contributed by atoms with Gasteiger partial charge in [0, 0.05) is 17.1 Å². The summed E-state index contributed by atoms with van der Waals surface area (Å²) in [7, 11) is 0. The van der Waals surface area contributed by atoms with Crippen LogP contribution in [0.2, 0.25) is 5.02 Å². The van der Waals surface area contributed by atoms with Crippen LogP contribution in [0.5, 0.6) is 0 Å². The van der Waals surface area contributed by atoms with Gasteiger partial charge in [0.1, 0.15) is 0 Å². The summed E-state index contributed by atoms with van der Waals surface area (Å²) in [5.41, 5.74) is 0.692. The summed E-state index contributed by atoms with van der Waals surface area (Å²) >= 11 is 5.83. The molecular weight excluding hydrogens is 262 g/mol. The Kier molecular flexibility index (Phi) is 4.61. The maximum Gasteiger partial charge on any atom is 0.179 e. The van der Waals surface area contributed by atoms with Crippen LogP contribution in [0.15, 0.2) is 24.3 Å². The molecule has 0 aliphatic carbocycles. The zero-order valence-electron chi connectivity index (χ0n) is 11.3. The van der Waals surface area contributed by atoms with Crippen LogP contribution in [-0.4, -0.2) is 41.0 Å². The van der Waals surface area contributed by atoms with Gasteiger partial charge >= 0.3 is 0 Å². The molecule has 0 saturated carbocycles. The normalized spacial score (nSPS) is 23.3. The Morgan fingerprint density at radius 1 is 1.37 bits per heavy atom. The van der Waals surface area contributed by atoms with Gasteiger partial charge in [-0.3, -0.25) is 9.69 Å². The summed E-state index contributed by atoms with van der Waals surface area (Å²) in [5, 5.41) is 10.3. The van der Waals surface area contributed by atoms with Gasteiger partial charge in [-0.15, -0.1) is 0 Å². The largest absolute Gasteiger partial charge is 0.393 e. The predicted molar refractivity (Wildman–Crippen MR) is 76.6 cm³/mol. The number of nitrogens with zero attached hydrogens (tertiary/aromatic N) is 1. The molecule has 2 rings (SSSR count). The lowest BCUT2D eigenvalue weighted by molar-refractivity contribution is 0.0836. The number of rotatable bonds is 4. The fourth-order valence-electron chi connectivity index (χ4n) is 2.58. The fourth-order valence-corrected chi connectivity index (χ4v) is 2.71. The summed E-state index contributed by atoms with van der Waals surface area (Å²) in [6.45, 7) is 5.41. The molecule has 4 heteroatoms. The second-order valence-corrected chi connectivity index (χ2v) is 5.77. The third kappa shape index (κ3) is 3.35. The van der Waals surface area contributed by atoms with E-state index in [9.17, 15) is 9.90 Å². The summed E-state index contributed by atoms with van der Waals surface area (Å²) in [5.74, 6) is 0.392.